The first-order valence-corrected chi connectivity index (χ1v) is 7.51. The molecule has 18 heavy (non-hydrogen) atoms. The molecule has 1 aliphatic carbocycles. The molecule has 0 aromatic carbocycles. The van der Waals surface area contributed by atoms with E-state index >= 15 is 0 Å². The van der Waals surface area contributed by atoms with E-state index in [4.69, 9.17) is 0 Å². The van der Waals surface area contributed by atoms with Crippen molar-refractivity contribution in [2.45, 2.75) is 78.6 Å². The lowest BCUT2D eigenvalue weighted by Gasteiger charge is -2.30. The van der Waals surface area contributed by atoms with Crippen molar-refractivity contribution in [3.8, 4) is 6.07 Å². The maximum absolute atomic E-state index is 12.7. The number of Topliss-reactive ketones (excluding diaryl/α,β-unsaturated/α-hetero) is 1. The molecule has 0 spiro atoms. The quantitative estimate of drug-likeness (QED) is 0.559. The van der Waals surface area contributed by atoms with Crippen molar-refractivity contribution >= 4 is 5.78 Å². The molecule has 0 bridgehead atoms. The van der Waals surface area contributed by atoms with Gasteiger partial charge in [-0.2, -0.15) is 5.26 Å². The maximum atomic E-state index is 12.7. The summed E-state index contributed by atoms with van der Waals surface area (Å²) in [5.41, 5.74) is -0.855. The first-order chi connectivity index (χ1) is 8.54. The molecule has 2 nitrogen and oxygen atoms in total. The summed E-state index contributed by atoms with van der Waals surface area (Å²) in [6.07, 6.45) is 9.19. The van der Waals surface area contributed by atoms with Gasteiger partial charge in [0.15, 0.2) is 5.78 Å². The minimum absolute atomic E-state index is 0.238. The number of unbranched alkanes of at least 4 members (excludes halogenated alkanes) is 3. The van der Waals surface area contributed by atoms with E-state index in [9.17, 15) is 10.1 Å². The van der Waals surface area contributed by atoms with Crippen LogP contribution < -0.4 is 0 Å². The lowest BCUT2D eigenvalue weighted by Crippen LogP contribution is -2.34. The summed E-state index contributed by atoms with van der Waals surface area (Å²) in [4.78, 5) is 12.7. The van der Waals surface area contributed by atoms with Gasteiger partial charge in [0.05, 0.1) is 6.07 Å². The number of rotatable bonds is 9. The number of hydrogen-bond acceptors (Lipinski definition) is 2. The number of carbonyl (C=O) groups is 1. The van der Waals surface area contributed by atoms with Crippen molar-refractivity contribution in [1.82, 2.24) is 0 Å². The number of ketones is 1. The zero-order valence-electron chi connectivity index (χ0n) is 12.2. The van der Waals surface area contributed by atoms with Gasteiger partial charge in [0.2, 0.25) is 0 Å². The van der Waals surface area contributed by atoms with E-state index < -0.39 is 5.41 Å². The number of carbonyl (C=O) groups excluding carboxylic acids is 1. The first kappa shape index (κ1) is 15.2. The second-order valence-corrected chi connectivity index (χ2v) is 6.14. The Kier molecular flexibility index (Phi) is 5.38. The lowest BCUT2D eigenvalue weighted by molar-refractivity contribution is -0.132. The van der Waals surface area contributed by atoms with Crippen molar-refractivity contribution in [3.63, 3.8) is 0 Å². The van der Waals surface area contributed by atoms with Gasteiger partial charge in [-0.1, -0.05) is 52.9 Å². The molecule has 1 fully saturated rings. The highest BCUT2D eigenvalue weighted by atomic mass is 16.1. The molecule has 2 heteroatoms. The third kappa shape index (κ3) is 3.34. The Morgan fingerprint density at radius 1 is 1.17 bits per heavy atom. The van der Waals surface area contributed by atoms with Crippen molar-refractivity contribution in [3.05, 3.63) is 0 Å². The topological polar surface area (TPSA) is 40.9 Å². The van der Waals surface area contributed by atoms with E-state index in [2.05, 4.69) is 26.8 Å². The Morgan fingerprint density at radius 2 is 1.72 bits per heavy atom. The number of nitriles is 1. The molecule has 0 saturated heterocycles. The van der Waals surface area contributed by atoms with Crippen molar-refractivity contribution in [1.29, 1.82) is 5.26 Å². The van der Waals surface area contributed by atoms with Gasteiger partial charge in [0.25, 0.3) is 0 Å². The molecule has 0 amide bonds. The Hall–Kier alpha value is -0.840. The van der Waals surface area contributed by atoms with E-state index in [0.29, 0.717) is 0 Å². The summed E-state index contributed by atoms with van der Waals surface area (Å²) in [6, 6.07) is 2.28. The summed E-state index contributed by atoms with van der Waals surface area (Å²) >= 11 is 0. The minimum Gasteiger partial charge on any atom is -0.297 e. The molecule has 102 valence electrons. The smallest absolute Gasteiger partial charge is 0.158 e. The fraction of sp³-hybridized carbons (Fsp3) is 0.875. The predicted molar refractivity (Wildman–Crippen MR) is 74.1 cm³/mol. The lowest BCUT2D eigenvalue weighted by atomic mass is 9.71. The van der Waals surface area contributed by atoms with Crippen LogP contribution in [0.1, 0.15) is 78.6 Å². The number of hydrogen-bond donors (Lipinski definition) is 0. The largest absolute Gasteiger partial charge is 0.297 e. The van der Waals surface area contributed by atoms with Crippen LogP contribution in [0, 0.1) is 22.2 Å². The van der Waals surface area contributed by atoms with E-state index in [1.807, 2.05) is 0 Å². The minimum atomic E-state index is -0.602. The standard InChI is InChI=1S/C16H27NO/c1-4-6-8-10-15(3,9-7-5-2)14(18)16(13-17)11-12-16/h4-12H2,1-3H3. The number of nitrogens with zero attached hydrogens (tertiary/aromatic N) is 1. The Balaban J connectivity index is 2.70. The molecule has 0 radical (unpaired) electrons. The summed E-state index contributed by atoms with van der Waals surface area (Å²) in [6.45, 7) is 6.44. The third-order valence-corrected chi connectivity index (χ3v) is 4.36. The van der Waals surface area contributed by atoms with Gasteiger partial charge in [-0.3, -0.25) is 4.79 Å². The second-order valence-electron chi connectivity index (χ2n) is 6.14. The molecule has 0 aromatic heterocycles. The average Bonchev–Trinajstić information content (AvgIpc) is 3.17. The van der Waals surface area contributed by atoms with E-state index in [1.54, 1.807) is 0 Å². The van der Waals surface area contributed by atoms with Gasteiger partial charge < -0.3 is 0 Å². The van der Waals surface area contributed by atoms with Gasteiger partial charge in [0, 0.05) is 5.41 Å². The fourth-order valence-electron chi connectivity index (χ4n) is 2.78. The summed E-state index contributed by atoms with van der Waals surface area (Å²) < 4.78 is 0. The molecule has 0 aliphatic heterocycles. The molecule has 1 unspecified atom stereocenters. The molecule has 1 rings (SSSR count). The molecule has 1 atom stereocenters. The van der Waals surface area contributed by atoms with Crippen molar-refractivity contribution < 1.29 is 4.79 Å². The first-order valence-electron chi connectivity index (χ1n) is 7.51. The highest BCUT2D eigenvalue weighted by Crippen LogP contribution is 2.52. The van der Waals surface area contributed by atoms with Crippen molar-refractivity contribution in [2.75, 3.05) is 0 Å². The normalized spacial score (nSPS) is 19.9. The molecular formula is C16H27NO. The molecule has 0 heterocycles. The summed E-state index contributed by atoms with van der Waals surface area (Å²) in [7, 11) is 0. The van der Waals surface area contributed by atoms with Crippen LogP contribution in [0.5, 0.6) is 0 Å². The van der Waals surface area contributed by atoms with Crippen LogP contribution in [0.3, 0.4) is 0 Å². The summed E-state index contributed by atoms with van der Waals surface area (Å²) in [5, 5.41) is 9.22. The van der Waals surface area contributed by atoms with Crippen LogP contribution >= 0.6 is 0 Å². The zero-order chi connectivity index (χ0) is 13.6. The Morgan fingerprint density at radius 3 is 2.17 bits per heavy atom. The molecule has 1 aliphatic rings. The van der Waals surface area contributed by atoms with Crippen LogP contribution in [-0.2, 0) is 4.79 Å². The predicted octanol–water partition coefficient (Wildman–Crippen LogP) is 4.64. The Bertz CT molecular complexity index is 324. The third-order valence-electron chi connectivity index (χ3n) is 4.36. The Labute approximate surface area is 112 Å². The molecular weight excluding hydrogens is 222 g/mol. The average molecular weight is 249 g/mol. The van der Waals surface area contributed by atoms with Gasteiger partial charge in [-0.15, -0.1) is 0 Å². The summed E-state index contributed by atoms with van der Waals surface area (Å²) in [5.74, 6) is 0.238. The molecule has 0 aromatic rings. The van der Waals surface area contributed by atoms with Crippen LogP contribution in [-0.4, -0.2) is 5.78 Å². The van der Waals surface area contributed by atoms with Gasteiger partial charge in [0.1, 0.15) is 5.41 Å². The highest BCUT2D eigenvalue weighted by molar-refractivity contribution is 5.94. The van der Waals surface area contributed by atoms with E-state index in [1.165, 1.54) is 12.8 Å². The highest BCUT2D eigenvalue weighted by Gasteiger charge is 2.55. The van der Waals surface area contributed by atoms with E-state index in [-0.39, 0.29) is 11.2 Å². The van der Waals surface area contributed by atoms with Crippen LogP contribution in [0.4, 0.5) is 0 Å². The second kappa shape index (κ2) is 6.36. The van der Waals surface area contributed by atoms with E-state index in [0.717, 1.165) is 44.9 Å². The monoisotopic (exact) mass is 249 g/mol. The van der Waals surface area contributed by atoms with Crippen LogP contribution in [0.25, 0.3) is 0 Å². The molecule has 1 saturated carbocycles. The molecule has 0 N–H and O–H groups in total. The van der Waals surface area contributed by atoms with Crippen LogP contribution in [0.15, 0.2) is 0 Å². The SMILES string of the molecule is CCCCCC(C)(CCCC)C(=O)C1(C#N)CC1. The van der Waals surface area contributed by atoms with Crippen LogP contribution in [0.2, 0.25) is 0 Å². The van der Waals surface area contributed by atoms with Crippen molar-refractivity contribution in [2.24, 2.45) is 10.8 Å². The van der Waals surface area contributed by atoms with Gasteiger partial charge >= 0.3 is 0 Å². The van der Waals surface area contributed by atoms with Gasteiger partial charge in [-0.25, -0.2) is 0 Å². The zero-order valence-corrected chi connectivity index (χ0v) is 12.2. The maximum Gasteiger partial charge on any atom is 0.158 e. The fourth-order valence-corrected chi connectivity index (χ4v) is 2.78. The van der Waals surface area contributed by atoms with Gasteiger partial charge in [-0.05, 0) is 25.7 Å².